The van der Waals surface area contributed by atoms with Gasteiger partial charge in [0, 0.05) is 0 Å². The van der Waals surface area contributed by atoms with E-state index in [-0.39, 0.29) is 11.6 Å². The summed E-state index contributed by atoms with van der Waals surface area (Å²) >= 11 is 0. The van der Waals surface area contributed by atoms with Gasteiger partial charge in [-0.3, -0.25) is 0 Å². The SMILES string of the molecule is NCCC=Cc1cnc(N)c(N)n1. The number of nitrogens with zero attached hydrogens (tertiary/aromatic N) is 2. The Kier molecular flexibility index (Phi) is 3.22. The second-order valence-corrected chi connectivity index (χ2v) is 2.55. The molecule has 0 amide bonds. The van der Waals surface area contributed by atoms with Gasteiger partial charge in [0.25, 0.3) is 0 Å². The van der Waals surface area contributed by atoms with Gasteiger partial charge in [-0.1, -0.05) is 6.08 Å². The average molecular weight is 179 g/mol. The molecule has 6 N–H and O–H groups in total. The summed E-state index contributed by atoms with van der Waals surface area (Å²) in [5.41, 5.74) is 16.9. The Balaban J connectivity index is 2.73. The van der Waals surface area contributed by atoms with Crippen molar-refractivity contribution in [1.82, 2.24) is 9.97 Å². The van der Waals surface area contributed by atoms with E-state index in [4.69, 9.17) is 17.2 Å². The first-order valence-electron chi connectivity index (χ1n) is 3.98. The van der Waals surface area contributed by atoms with Crippen LogP contribution in [0.2, 0.25) is 0 Å². The highest BCUT2D eigenvalue weighted by Gasteiger charge is 1.96. The number of aromatic nitrogens is 2. The number of hydrogen-bond donors (Lipinski definition) is 3. The zero-order valence-electron chi connectivity index (χ0n) is 7.27. The number of nitrogens with two attached hydrogens (primary N) is 3. The molecule has 5 heteroatoms. The Morgan fingerprint density at radius 3 is 2.69 bits per heavy atom. The van der Waals surface area contributed by atoms with Crippen LogP contribution in [0.3, 0.4) is 0 Å². The smallest absolute Gasteiger partial charge is 0.166 e. The van der Waals surface area contributed by atoms with Gasteiger partial charge in [0.05, 0.1) is 11.9 Å². The fourth-order valence-corrected chi connectivity index (χ4v) is 0.808. The Morgan fingerprint density at radius 1 is 1.31 bits per heavy atom. The first-order valence-corrected chi connectivity index (χ1v) is 3.98. The molecule has 0 unspecified atom stereocenters. The molecule has 5 nitrogen and oxygen atoms in total. The van der Waals surface area contributed by atoms with Crippen molar-refractivity contribution in [1.29, 1.82) is 0 Å². The van der Waals surface area contributed by atoms with Gasteiger partial charge in [-0.2, -0.15) is 0 Å². The van der Waals surface area contributed by atoms with E-state index in [1.54, 1.807) is 6.20 Å². The third-order valence-corrected chi connectivity index (χ3v) is 1.47. The quantitative estimate of drug-likeness (QED) is 0.606. The molecule has 0 aliphatic rings. The minimum Gasteiger partial charge on any atom is -0.381 e. The van der Waals surface area contributed by atoms with Crippen molar-refractivity contribution in [2.45, 2.75) is 6.42 Å². The van der Waals surface area contributed by atoms with Gasteiger partial charge in [-0.05, 0) is 19.0 Å². The molecule has 1 heterocycles. The lowest BCUT2D eigenvalue weighted by Crippen LogP contribution is -2.01. The van der Waals surface area contributed by atoms with Crippen LogP contribution >= 0.6 is 0 Å². The van der Waals surface area contributed by atoms with Crippen molar-refractivity contribution in [3.8, 4) is 0 Å². The standard InChI is InChI=1S/C8H13N5/c9-4-2-1-3-6-5-12-7(10)8(11)13-6/h1,3,5H,2,4,9H2,(H2,10,12)(H2,11,13). The Morgan fingerprint density at radius 2 is 2.08 bits per heavy atom. The third kappa shape index (κ3) is 2.72. The Bertz CT molecular complexity index is 307. The van der Waals surface area contributed by atoms with Crippen LogP contribution in [0.25, 0.3) is 6.08 Å². The highest BCUT2D eigenvalue weighted by molar-refractivity contribution is 5.55. The summed E-state index contributed by atoms with van der Waals surface area (Å²) < 4.78 is 0. The highest BCUT2D eigenvalue weighted by Crippen LogP contribution is 2.08. The lowest BCUT2D eigenvalue weighted by molar-refractivity contribution is 1.01. The van der Waals surface area contributed by atoms with Crippen molar-refractivity contribution in [2.75, 3.05) is 18.0 Å². The molecule has 1 rings (SSSR count). The van der Waals surface area contributed by atoms with E-state index in [9.17, 15) is 0 Å². The van der Waals surface area contributed by atoms with Gasteiger partial charge in [0.2, 0.25) is 0 Å². The van der Waals surface area contributed by atoms with Crippen LogP contribution in [0, 0.1) is 0 Å². The van der Waals surface area contributed by atoms with Gasteiger partial charge in [-0.25, -0.2) is 9.97 Å². The van der Waals surface area contributed by atoms with Crippen LogP contribution in [-0.4, -0.2) is 16.5 Å². The predicted octanol–water partition coefficient (Wildman–Crippen LogP) is 0.00300. The molecule has 1 aromatic heterocycles. The van der Waals surface area contributed by atoms with Crippen molar-refractivity contribution in [3.05, 3.63) is 18.0 Å². The van der Waals surface area contributed by atoms with Crippen molar-refractivity contribution in [3.63, 3.8) is 0 Å². The van der Waals surface area contributed by atoms with E-state index in [1.807, 2.05) is 12.2 Å². The topological polar surface area (TPSA) is 104 Å². The third-order valence-electron chi connectivity index (χ3n) is 1.47. The van der Waals surface area contributed by atoms with E-state index in [1.165, 1.54) is 0 Å². The maximum absolute atomic E-state index is 5.47. The first-order chi connectivity index (χ1) is 6.24. The fraction of sp³-hybridized carbons (Fsp3) is 0.250. The summed E-state index contributed by atoms with van der Waals surface area (Å²) in [5.74, 6) is 0.519. The summed E-state index contributed by atoms with van der Waals surface area (Å²) in [5, 5.41) is 0. The second-order valence-electron chi connectivity index (χ2n) is 2.55. The molecule has 1 aromatic rings. The zero-order chi connectivity index (χ0) is 9.68. The summed E-state index contributed by atoms with van der Waals surface area (Å²) in [6.45, 7) is 0.619. The van der Waals surface area contributed by atoms with Crippen molar-refractivity contribution < 1.29 is 0 Å². The van der Waals surface area contributed by atoms with Crippen LogP contribution in [0.4, 0.5) is 11.6 Å². The van der Waals surface area contributed by atoms with Crippen LogP contribution in [0.15, 0.2) is 12.3 Å². The predicted molar refractivity (Wildman–Crippen MR) is 53.6 cm³/mol. The average Bonchev–Trinajstić information content (AvgIpc) is 2.12. The lowest BCUT2D eigenvalue weighted by atomic mass is 10.3. The highest BCUT2D eigenvalue weighted by atomic mass is 15.0. The molecule has 70 valence electrons. The van der Waals surface area contributed by atoms with Gasteiger partial charge < -0.3 is 17.2 Å². The number of rotatable bonds is 3. The van der Waals surface area contributed by atoms with Gasteiger partial charge >= 0.3 is 0 Å². The van der Waals surface area contributed by atoms with E-state index in [2.05, 4.69) is 9.97 Å². The van der Waals surface area contributed by atoms with Gasteiger partial charge in [0.15, 0.2) is 11.6 Å². The monoisotopic (exact) mass is 179 g/mol. The Hall–Kier alpha value is -1.62. The molecule has 0 aromatic carbocycles. The van der Waals surface area contributed by atoms with Crippen LogP contribution < -0.4 is 17.2 Å². The van der Waals surface area contributed by atoms with Crippen LogP contribution in [0.5, 0.6) is 0 Å². The second kappa shape index (κ2) is 4.42. The largest absolute Gasteiger partial charge is 0.381 e. The number of nitrogen functional groups attached to an aromatic ring is 2. The fourth-order valence-electron chi connectivity index (χ4n) is 0.808. The van der Waals surface area contributed by atoms with Crippen molar-refractivity contribution in [2.24, 2.45) is 5.73 Å². The maximum Gasteiger partial charge on any atom is 0.166 e. The summed E-state index contributed by atoms with van der Waals surface area (Å²) in [6.07, 6.45) is 6.11. The van der Waals surface area contributed by atoms with E-state index >= 15 is 0 Å². The summed E-state index contributed by atoms with van der Waals surface area (Å²) in [4.78, 5) is 7.87. The maximum atomic E-state index is 5.47. The molecule has 0 radical (unpaired) electrons. The molecule has 0 saturated heterocycles. The molecule has 0 spiro atoms. The van der Waals surface area contributed by atoms with Crippen molar-refractivity contribution >= 4 is 17.7 Å². The summed E-state index contributed by atoms with van der Waals surface area (Å²) in [6, 6.07) is 0. The Labute approximate surface area is 76.7 Å². The van der Waals surface area contributed by atoms with Crippen LogP contribution in [-0.2, 0) is 0 Å². The van der Waals surface area contributed by atoms with E-state index in [0.29, 0.717) is 12.2 Å². The lowest BCUT2D eigenvalue weighted by Gasteiger charge is -1.98. The molecule has 0 saturated carbocycles. The molecule has 0 bridgehead atoms. The van der Waals surface area contributed by atoms with E-state index in [0.717, 1.165) is 6.42 Å². The molecule has 0 aliphatic carbocycles. The molecular formula is C8H13N5. The molecule has 0 fully saturated rings. The minimum absolute atomic E-state index is 0.259. The molecular weight excluding hydrogens is 166 g/mol. The normalized spacial score (nSPS) is 10.8. The number of hydrogen-bond acceptors (Lipinski definition) is 5. The zero-order valence-corrected chi connectivity index (χ0v) is 7.27. The number of anilines is 2. The summed E-state index contributed by atoms with van der Waals surface area (Å²) in [7, 11) is 0. The first kappa shape index (κ1) is 9.47. The van der Waals surface area contributed by atoms with Crippen LogP contribution in [0.1, 0.15) is 12.1 Å². The minimum atomic E-state index is 0.259. The molecule has 0 aliphatic heterocycles. The van der Waals surface area contributed by atoms with Gasteiger partial charge in [-0.15, -0.1) is 0 Å². The van der Waals surface area contributed by atoms with Gasteiger partial charge in [0.1, 0.15) is 0 Å². The van der Waals surface area contributed by atoms with E-state index < -0.39 is 0 Å². The molecule has 13 heavy (non-hydrogen) atoms. The molecule has 0 atom stereocenters.